The highest BCUT2D eigenvalue weighted by Gasteiger charge is 2.64. The second kappa shape index (κ2) is 14.7. The van der Waals surface area contributed by atoms with Crippen LogP contribution in [0.4, 0.5) is 0 Å². The van der Waals surface area contributed by atoms with Crippen LogP contribution < -0.4 is 0 Å². The van der Waals surface area contributed by atoms with Gasteiger partial charge in [-0.25, -0.2) is 0 Å². The van der Waals surface area contributed by atoms with Crippen molar-refractivity contribution in [2.24, 2.45) is 16.2 Å². The maximum atomic E-state index is 14.1. The molecule has 2 unspecified atom stereocenters. The van der Waals surface area contributed by atoms with Crippen LogP contribution in [0.2, 0.25) is 0 Å². The van der Waals surface area contributed by atoms with Crippen LogP contribution in [0.25, 0.3) is 0 Å². The van der Waals surface area contributed by atoms with Gasteiger partial charge < -0.3 is 29.1 Å². The number of nitrogens with zero attached hydrogens (tertiary/aromatic N) is 1. The molecule has 14 nitrogen and oxygen atoms in total. The van der Waals surface area contributed by atoms with Crippen molar-refractivity contribution in [2.45, 2.75) is 80.2 Å². The third-order valence-corrected chi connectivity index (χ3v) is 10.2. The maximum absolute atomic E-state index is 14.1. The standard InChI is InChI=1S/C24H47NO13P2/c1-21(2,3)18(26)33-15-36-39(30,31)24(29,13-12-14-25(10)11)40(32,37-16-34-19(27)22(4,5)6)38-17-35-20(28)23(7,8)9/h29H,12-17H2,1-11H3,(H,30,31). The third-order valence-electron chi connectivity index (χ3n) is 5.09. The molecule has 0 aliphatic rings. The van der Waals surface area contributed by atoms with Crippen LogP contribution in [0.15, 0.2) is 0 Å². The largest absolute Gasteiger partial charge is 0.438 e. The summed E-state index contributed by atoms with van der Waals surface area (Å²) in [5, 5.41) is 8.30. The number of aliphatic hydroxyl groups is 1. The van der Waals surface area contributed by atoms with Crippen molar-refractivity contribution in [1.82, 2.24) is 4.90 Å². The first-order chi connectivity index (χ1) is 17.8. The van der Waals surface area contributed by atoms with Gasteiger partial charge in [-0.1, -0.05) is 0 Å². The SMILES string of the molecule is CN(C)CCCC(O)(P(=O)(O)OCOC(=O)C(C)(C)C)P(=O)(OCOC(=O)C(C)(C)C)OCOC(=O)C(C)(C)C. The molecule has 0 rings (SSSR count). The van der Waals surface area contributed by atoms with Crippen molar-refractivity contribution < 1.29 is 61.3 Å². The van der Waals surface area contributed by atoms with Crippen LogP contribution in [-0.4, -0.2) is 78.9 Å². The van der Waals surface area contributed by atoms with E-state index in [1.807, 2.05) is 0 Å². The number of rotatable bonds is 15. The molecule has 16 heteroatoms. The van der Waals surface area contributed by atoms with Gasteiger partial charge in [0.1, 0.15) is 0 Å². The number of carbonyl (C=O) groups excluding carboxylic acids is 3. The molecule has 0 aromatic rings. The number of hydrogen-bond donors (Lipinski definition) is 2. The van der Waals surface area contributed by atoms with Crippen LogP contribution in [0.1, 0.15) is 75.2 Å². The lowest BCUT2D eigenvalue weighted by Crippen LogP contribution is -2.35. The topological polar surface area (TPSA) is 184 Å². The van der Waals surface area contributed by atoms with Crippen molar-refractivity contribution in [2.75, 3.05) is 41.0 Å². The Bertz CT molecular complexity index is 927. The normalized spacial score (nSPS) is 16.1. The van der Waals surface area contributed by atoms with Crippen molar-refractivity contribution in [3.05, 3.63) is 0 Å². The van der Waals surface area contributed by atoms with Crippen LogP contribution in [0.3, 0.4) is 0 Å². The van der Waals surface area contributed by atoms with E-state index in [1.54, 1.807) is 81.3 Å². The number of carbonyl (C=O) groups is 3. The predicted octanol–water partition coefficient (Wildman–Crippen LogP) is 4.04. The van der Waals surface area contributed by atoms with Crippen molar-refractivity contribution in [3.8, 4) is 0 Å². The van der Waals surface area contributed by atoms with E-state index in [9.17, 15) is 33.5 Å². The summed E-state index contributed by atoms with van der Waals surface area (Å²) in [4.78, 5) is 49.0. The van der Waals surface area contributed by atoms with Gasteiger partial charge in [-0.05, 0) is 89.4 Å². The lowest BCUT2D eigenvalue weighted by Gasteiger charge is -2.36. The monoisotopic (exact) mass is 619 g/mol. The molecule has 0 heterocycles. The van der Waals surface area contributed by atoms with Gasteiger partial charge in [0.15, 0.2) is 0 Å². The Balaban J connectivity index is 6.31. The van der Waals surface area contributed by atoms with Gasteiger partial charge >= 0.3 is 33.1 Å². The summed E-state index contributed by atoms with van der Waals surface area (Å²) in [5.74, 6) is -2.32. The Hall–Kier alpha value is -1.37. The average molecular weight is 620 g/mol. The average Bonchev–Trinajstić information content (AvgIpc) is 2.76. The molecule has 0 aliphatic carbocycles. The fourth-order valence-corrected chi connectivity index (χ4v) is 6.42. The molecule has 0 saturated heterocycles. The van der Waals surface area contributed by atoms with Gasteiger partial charge in [0, 0.05) is 6.42 Å². The minimum Gasteiger partial charge on any atom is -0.438 e. The molecule has 0 fully saturated rings. The second-order valence-electron chi connectivity index (χ2n) is 12.5. The first kappa shape index (κ1) is 38.6. The zero-order valence-electron chi connectivity index (χ0n) is 25.5. The van der Waals surface area contributed by atoms with E-state index in [0.29, 0.717) is 0 Å². The molecule has 236 valence electrons. The Morgan fingerprint density at radius 1 is 0.675 bits per heavy atom. The van der Waals surface area contributed by atoms with Gasteiger partial charge in [0.2, 0.25) is 20.4 Å². The van der Waals surface area contributed by atoms with Crippen LogP contribution >= 0.6 is 15.2 Å². The summed E-state index contributed by atoms with van der Waals surface area (Å²) in [5.41, 5.74) is -2.93. The summed E-state index contributed by atoms with van der Waals surface area (Å²) in [6.07, 6.45) is -0.691. The Morgan fingerprint density at radius 3 is 1.30 bits per heavy atom. The second-order valence-corrected chi connectivity index (χ2v) is 17.1. The fourth-order valence-electron chi connectivity index (χ4n) is 2.51. The molecule has 0 aliphatic heterocycles. The van der Waals surface area contributed by atoms with Gasteiger partial charge in [-0.15, -0.1) is 0 Å². The minimum absolute atomic E-state index is 0.0144. The van der Waals surface area contributed by atoms with E-state index in [-0.39, 0.29) is 13.0 Å². The lowest BCUT2D eigenvalue weighted by atomic mass is 9.98. The van der Waals surface area contributed by atoms with Gasteiger partial charge in [0.05, 0.1) is 16.2 Å². The molecule has 0 bridgehead atoms. The smallest absolute Gasteiger partial charge is 0.380 e. The molecule has 0 spiro atoms. The van der Waals surface area contributed by atoms with Crippen LogP contribution in [0, 0.1) is 16.2 Å². The van der Waals surface area contributed by atoms with E-state index >= 15 is 0 Å². The molecule has 0 amide bonds. The van der Waals surface area contributed by atoms with Crippen molar-refractivity contribution in [1.29, 1.82) is 0 Å². The molecular formula is C24H47NO13P2. The third kappa shape index (κ3) is 11.9. The summed E-state index contributed by atoms with van der Waals surface area (Å²) >= 11 is 0. The number of hydrogen-bond acceptors (Lipinski definition) is 13. The van der Waals surface area contributed by atoms with Crippen LogP contribution in [0.5, 0.6) is 0 Å². The highest BCUT2D eigenvalue weighted by Crippen LogP contribution is 2.76. The summed E-state index contributed by atoms with van der Waals surface area (Å²) in [6, 6.07) is 0. The Morgan fingerprint density at radius 2 is 1.00 bits per heavy atom. The molecule has 2 N–H and O–H groups in total. The van der Waals surface area contributed by atoms with Gasteiger partial charge in [-0.2, -0.15) is 0 Å². The van der Waals surface area contributed by atoms with Crippen molar-refractivity contribution in [3.63, 3.8) is 0 Å². The maximum Gasteiger partial charge on any atom is 0.380 e. The Labute approximate surface area is 237 Å². The molecule has 0 aromatic carbocycles. The van der Waals surface area contributed by atoms with E-state index in [0.717, 1.165) is 0 Å². The van der Waals surface area contributed by atoms with E-state index < -0.39 is 81.2 Å². The first-order valence-electron chi connectivity index (χ1n) is 12.6. The Kier molecular flexibility index (Phi) is 14.2. The molecule has 0 saturated carbocycles. The lowest BCUT2D eigenvalue weighted by molar-refractivity contribution is -0.162. The van der Waals surface area contributed by atoms with E-state index in [2.05, 4.69) is 0 Å². The molecule has 40 heavy (non-hydrogen) atoms. The highest BCUT2D eigenvalue weighted by molar-refractivity contribution is 7.73. The quantitative estimate of drug-likeness (QED) is 0.116. The molecule has 2 atom stereocenters. The zero-order valence-corrected chi connectivity index (χ0v) is 27.3. The zero-order chi connectivity index (χ0) is 31.8. The van der Waals surface area contributed by atoms with E-state index in [4.69, 9.17) is 27.8 Å². The van der Waals surface area contributed by atoms with Gasteiger partial charge in [0.25, 0.3) is 5.08 Å². The van der Waals surface area contributed by atoms with Crippen LogP contribution in [-0.2, 0) is 51.3 Å². The number of ether oxygens (including phenoxy) is 3. The predicted molar refractivity (Wildman–Crippen MR) is 145 cm³/mol. The van der Waals surface area contributed by atoms with E-state index in [1.165, 1.54) is 0 Å². The highest BCUT2D eigenvalue weighted by atomic mass is 31.2. The molecule has 0 radical (unpaired) electrons. The van der Waals surface area contributed by atoms with Gasteiger partial charge in [-0.3, -0.25) is 37.1 Å². The fraction of sp³-hybridized carbons (Fsp3) is 0.875. The minimum atomic E-state index is -5.43. The molecule has 0 aromatic heterocycles. The summed E-state index contributed by atoms with van der Waals surface area (Å²) in [7, 11) is -7.27. The first-order valence-corrected chi connectivity index (χ1v) is 15.7. The van der Waals surface area contributed by atoms with Crippen molar-refractivity contribution >= 4 is 33.1 Å². The summed E-state index contributed by atoms with van der Waals surface area (Å²) in [6.45, 7) is 11.0. The number of esters is 3. The molecular weight excluding hydrogens is 572 g/mol. The summed E-state index contributed by atoms with van der Waals surface area (Å²) < 4.78 is 57.5.